The summed E-state index contributed by atoms with van der Waals surface area (Å²) in [5, 5.41) is 11.6. The Morgan fingerprint density at radius 1 is 1.00 bits per heavy atom. The summed E-state index contributed by atoms with van der Waals surface area (Å²) in [4.78, 5) is 12.6. The lowest BCUT2D eigenvalue weighted by Gasteiger charge is -2.10. The van der Waals surface area contributed by atoms with Gasteiger partial charge in [0.1, 0.15) is 12.3 Å². The molecule has 0 spiro atoms. The fraction of sp³-hybridized carbons (Fsp3) is 0.0870. The minimum Gasteiger partial charge on any atom is -0.459 e. The molecule has 0 aliphatic rings. The zero-order valence-corrected chi connectivity index (χ0v) is 17.2. The van der Waals surface area contributed by atoms with Crippen LogP contribution in [0.3, 0.4) is 0 Å². The lowest BCUT2D eigenvalue weighted by molar-refractivity contribution is -0.274. The number of nitrogens with one attached hydrogen (secondary N) is 1. The van der Waals surface area contributed by atoms with Gasteiger partial charge in [0.15, 0.2) is 5.76 Å². The maximum Gasteiger partial charge on any atom is 0.573 e. The van der Waals surface area contributed by atoms with Crippen molar-refractivity contribution in [2.75, 3.05) is 5.32 Å². The molecule has 0 atom stereocenters. The number of carbonyl (C=O) groups is 1. The van der Waals surface area contributed by atoms with E-state index in [4.69, 9.17) is 8.83 Å². The van der Waals surface area contributed by atoms with Crippen LogP contribution < -0.4 is 10.1 Å². The number of anilines is 1. The molecule has 0 saturated carbocycles. The molecular weight excluding hydrogens is 453 g/mol. The fourth-order valence-electron chi connectivity index (χ4n) is 3.48. The van der Waals surface area contributed by atoms with Gasteiger partial charge in [0, 0.05) is 22.8 Å². The van der Waals surface area contributed by atoms with Crippen molar-refractivity contribution in [1.82, 2.24) is 14.8 Å². The standard InChI is InChI=1S/C23H15F3N4O4/c24-23(25,26)34-15-9-7-14(8-10-15)27-20(31)13-30-12-17(16-4-1-2-5-18(16)30)21-28-29-22(33-21)19-6-3-11-32-19/h1-12H,13H2,(H,27,31). The Morgan fingerprint density at radius 2 is 1.76 bits per heavy atom. The number of hydrogen-bond donors (Lipinski definition) is 1. The number of alkyl halides is 3. The summed E-state index contributed by atoms with van der Waals surface area (Å²) in [6, 6.07) is 15.7. The minimum atomic E-state index is -4.78. The van der Waals surface area contributed by atoms with E-state index in [-0.39, 0.29) is 30.0 Å². The van der Waals surface area contributed by atoms with Gasteiger partial charge < -0.3 is 23.5 Å². The summed E-state index contributed by atoms with van der Waals surface area (Å²) >= 11 is 0. The van der Waals surface area contributed by atoms with E-state index < -0.39 is 6.36 Å². The predicted molar refractivity (Wildman–Crippen MR) is 115 cm³/mol. The van der Waals surface area contributed by atoms with E-state index in [2.05, 4.69) is 20.3 Å². The quantitative estimate of drug-likeness (QED) is 0.354. The number of carbonyl (C=O) groups excluding carboxylic acids is 1. The van der Waals surface area contributed by atoms with Crippen molar-refractivity contribution in [1.29, 1.82) is 0 Å². The van der Waals surface area contributed by atoms with Gasteiger partial charge in [-0.05, 0) is 42.5 Å². The van der Waals surface area contributed by atoms with Crippen LogP contribution in [0.15, 0.2) is 82.0 Å². The fourth-order valence-corrected chi connectivity index (χ4v) is 3.48. The topological polar surface area (TPSA) is 95.3 Å². The van der Waals surface area contributed by atoms with Crippen molar-refractivity contribution < 1.29 is 31.5 Å². The Balaban J connectivity index is 1.36. The molecule has 1 N–H and O–H groups in total. The van der Waals surface area contributed by atoms with Crippen LogP contribution in [0.4, 0.5) is 18.9 Å². The van der Waals surface area contributed by atoms with Crippen molar-refractivity contribution in [3.63, 3.8) is 0 Å². The van der Waals surface area contributed by atoms with Gasteiger partial charge in [-0.25, -0.2) is 0 Å². The van der Waals surface area contributed by atoms with Crippen LogP contribution in [0.25, 0.3) is 34.0 Å². The maximum absolute atomic E-state index is 12.6. The summed E-state index contributed by atoms with van der Waals surface area (Å²) in [7, 11) is 0. The largest absolute Gasteiger partial charge is 0.573 e. The number of fused-ring (bicyclic) bond motifs is 1. The average molecular weight is 468 g/mol. The molecule has 5 rings (SSSR count). The number of halogens is 3. The van der Waals surface area contributed by atoms with E-state index in [1.807, 2.05) is 24.3 Å². The molecule has 1 amide bonds. The van der Waals surface area contributed by atoms with Gasteiger partial charge in [-0.1, -0.05) is 18.2 Å². The number of hydrogen-bond acceptors (Lipinski definition) is 6. The SMILES string of the molecule is O=C(Cn1cc(-c2nnc(-c3ccco3)o2)c2ccccc21)Nc1ccc(OC(F)(F)F)cc1. The second-order valence-electron chi connectivity index (χ2n) is 7.20. The monoisotopic (exact) mass is 468 g/mol. The van der Waals surface area contributed by atoms with Gasteiger partial charge in [0.2, 0.25) is 11.8 Å². The lowest BCUT2D eigenvalue weighted by Crippen LogP contribution is -2.18. The van der Waals surface area contributed by atoms with Crippen molar-refractivity contribution in [2.24, 2.45) is 0 Å². The van der Waals surface area contributed by atoms with Crippen LogP contribution in [0, 0.1) is 0 Å². The van der Waals surface area contributed by atoms with Gasteiger partial charge in [0.05, 0.1) is 11.8 Å². The van der Waals surface area contributed by atoms with Gasteiger partial charge in [0.25, 0.3) is 5.89 Å². The van der Waals surface area contributed by atoms with Gasteiger partial charge in [-0.2, -0.15) is 0 Å². The predicted octanol–water partition coefficient (Wildman–Crippen LogP) is 5.49. The molecule has 34 heavy (non-hydrogen) atoms. The average Bonchev–Trinajstić information content (AvgIpc) is 3.54. The number of amides is 1. The Labute approximate surface area is 189 Å². The maximum atomic E-state index is 12.6. The Bertz CT molecular complexity index is 1440. The first-order chi connectivity index (χ1) is 16.4. The van der Waals surface area contributed by atoms with Crippen LogP contribution >= 0.6 is 0 Å². The highest BCUT2D eigenvalue weighted by molar-refractivity contribution is 5.96. The van der Waals surface area contributed by atoms with Crippen molar-refractivity contribution in [3.05, 3.63) is 73.1 Å². The highest BCUT2D eigenvalue weighted by atomic mass is 19.4. The highest BCUT2D eigenvalue weighted by Crippen LogP contribution is 2.32. The number of aromatic nitrogens is 3. The van der Waals surface area contributed by atoms with Crippen LogP contribution in [-0.2, 0) is 11.3 Å². The molecular formula is C23H15F3N4O4. The molecule has 0 radical (unpaired) electrons. The second-order valence-corrected chi connectivity index (χ2v) is 7.20. The molecule has 0 fully saturated rings. The summed E-state index contributed by atoms with van der Waals surface area (Å²) < 4.78 is 53.5. The molecule has 0 bridgehead atoms. The number of rotatable bonds is 6. The molecule has 0 saturated heterocycles. The number of nitrogens with zero attached hydrogens (tertiary/aromatic N) is 3. The van der Waals surface area contributed by atoms with E-state index in [0.717, 1.165) is 23.0 Å². The molecule has 3 heterocycles. The molecule has 5 aromatic rings. The summed E-state index contributed by atoms with van der Waals surface area (Å²) in [6.07, 6.45) is -1.56. The third-order valence-electron chi connectivity index (χ3n) is 4.86. The summed E-state index contributed by atoms with van der Waals surface area (Å²) in [5.74, 6) is 0.182. The Morgan fingerprint density at radius 3 is 2.50 bits per heavy atom. The molecule has 0 aliphatic heterocycles. The summed E-state index contributed by atoms with van der Waals surface area (Å²) in [5.41, 5.74) is 1.73. The van der Waals surface area contributed by atoms with Gasteiger partial charge in [-0.3, -0.25) is 4.79 Å². The normalized spacial score (nSPS) is 11.6. The van der Waals surface area contributed by atoms with Crippen LogP contribution in [0.1, 0.15) is 0 Å². The third kappa shape index (κ3) is 4.49. The molecule has 2 aromatic carbocycles. The number of ether oxygens (including phenoxy) is 1. The summed E-state index contributed by atoms with van der Waals surface area (Å²) in [6.45, 7) is -0.0551. The zero-order valence-electron chi connectivity index (χ0n) is 17.2. The first kappa shape index (κ1) is 21.3. The second kappa shape index (κ2) is 8.43. The molecule has 172 valence electrons. The molecule has 3 aromatic heterocycles. The van der Waals surface area contributed by atoms with Gasteiger partial charge in [-0.15, -0.1) is 23.4 Å². The van der Waals surface area contributed by atoms with Crippen molar-refractivity contribution in [2.45, 2.75) is 12.9 Å². The van der Waals surface area contributed by atoms with E-state index in [0.29, 0.717) is 17.0 Å². The Kier molecular flexibility index (Phi) is 5.28. The first-order valence-electron chi connectivity index (χ1n) is 9.97. The smallest absolute Gasteiger partial charge is 0.459 e. The van der Waals surface area contributed by atoms with Crippen molar-refractivity contribution in [3.8, 4) is 28.9 Å². The minimum absolute atomic E-state index is 0.0551. The lowest BCUT2D eigenvalue weighted by atomic mass is 10.2. The van der Waals surface area contributed by atoms with Crippen LogP contribution in [0.5, 0.6) is 5.75 Å². The van der Waals surface area contributed by atoms with E-state index in [1.54, 1.807) is 22.9 Å². The number of benzene rings is 2. The molecule has 0 aliphatic carbocycles. The number of furan rings is 1. The zero-order chi connectivity index (χ0) is 23.7. The third-order valence-corrected chi connectivity index (χ3v) is 4.86. The van der Waals surface area contributed by atoms with Crippen LogP contribution in [0.2, 0.25) is 0 Å². The van der Waals surface area contributed by atoms with Crippen LogP contribution in [-0.4, -0.2) is 27.0 Å². The van der Waals surface area contributed by atoms with Gasteiger partial charge >= 0.3 is 6.36 Å². The number of para-hydroxylation sites is 1. The Hall–Kier alpha value is -4.54. The molecule has 8 nitrogen and oxygen atoms in total. The van der Waals surface area contributed by atoms with E-state index in [9.17, 15) is 18.0 Å². The molecule has 11 heteroatoms. The molecule has 0 unspecified atom stereocenters. The first-order valence-corrected chi connectivity index (χ1v) is 9.97. The highest BCUT2D eigenvalue weighted by Gasteiger charge is 2.31. The van der Waals surface area contributed by atoms with E-state index >= 15 is 0 Å². The van der Waals surface area contributed by atoms with E-state index in [1.165, 1.54) is 18.4 Å². The van der Waals surface area contributed by atoms with Crippen molar-refractivity contribution >= 4 is 22.5 Å².